The van der Waals surface area contributed by atoms with E-state index in [1.165, 1.54) is 19.6 Å². The van der Waals surface area contributed by atoms with Crippen molar-refractivity contribution >= 4 is 0 Å². The molecule has 0 rings (SSSR count). The molecule has 7 heteroatoms. The van der Waals surface area contributed by atoms with Crippen molar-refractivity contribution in [2.45, 2.75) is 72.7 Å². The van der Waals surface area contributed by atoms with E-state index in [-0.39, 0.29) is 32.0 Å². The number of unbranched alkanes of at least 4 members (excludes halogenated alkanes) is 1. The van der Waals surface area contributed by atoms with Crippen molar-refractivity contribution in [3.63, 3.8) is 0 Å². The molecule has 0 aliphatic rings. The van der Waals surface area contributed by atoms with Gasteiger partial charge < -0.3 is 34.8 Å². The molecule has 162 valence electrons. The van der Waals surface area contributed by atoms with Crippen molar-refractivity contribution < 1.29 is 29.9 Å². The lowest BCUT2D eigenvalue weighted by molar-refractivity contribution is -0.0620. The van der Waals surface area contributed by atoms with Crippen LogP contribution in [0.1, 0.15) is 54.4 Å². The monoisotopic (exact) mass is 383 g/mol. The Balaban J connectivity index is -0.000000342. The first-order chi connectivity index (χ1) is 12.3. The lowest BCUT2D eigenvalue weighted by atomic mass is 10.3. The Morgan fingerprint density at radius 2 is 1.15 bits per heavy atom. The third-order valence-electron chi connectivity index (χ3n) is 3.40. The fourth-order valence-electron chi connectivity index (χ4n) is 1.60. The van der Waals surface area contributed by atoms with E-state index in [4.69, 9.17) is 29.9 Å². The zero-order chi connectivity index (χ0) is 20.8. The number of aliphatic hydroxyl groups is 4. The molecule has 26 heavy (non-hydrogen) atoms. The molecule has 0 amide bonds. The van der Waals surface area contributed by atoms with E-state index in [0.717, 1.165) is 12.8 Å². The van der Waals surface area contributed by atoms with E-state index in [1.807, 2.05) is 6.92 Å². The largest absolute Gasteiger partial charge is 0.396 e. The van der Waals surface area contributed by atoms with Crippen LogP contribution in [-0.4, -0.2) is 96.3 Å². The molecular formula is C19H45NO6. The van der Waals surface area contributed by atoms with Gasteiger partial charge in [0.25, 0.3) is 0 Å². The van der Waals surface area contributed by atoms with Crippen molar-refractivity contribution in [1.82, 2.24) is 4.90 Å². The van der Waals surface area contributed by atoms with Crippen LogP contribution in [-0.2, 0) is 9.47 Å². The van der Waals surface area contributed by atoms with E-state index in [2.05, 4.69) is 25.7 Å². The first kappa shape index (κ1) is 30.4. The Morgan fingerprint density at radius 1 is 0.731 bits per heavy atom. The van der Waals surface area contributed by atoms with Gasteiger partial charge in [-0.2, -0.15) is 0 Å². The molecule has 0 saturated heterocycles. The predicted molar refractivity (Wildman–Crippen MR) is 106 cm³/mol. The van der Waals surface area contributed by atoms with Crippen LogP contribution in [0.3, 0.4) is 0 Å². The summed E-state index contributed by atoms with van der Waals surface area (Å²) < 4.78 is 10.5. The molecule has 0 aliphatic heterocycles. The molecule has 0 radical (unpaired) electrons. The summed E-state index contributed by atoms with van der Waals surface area (Å²) in [5.74, 6) is 0. The molecule has 3 atom stereocenters. The molecule has 0 heterocycles. The summed E-state index contributed by atoms with van der Waals surface area (Å²) in [6.07, 6.45) is 0.784. The topological polar surface area (TPSA) is 103 Å². The maximum Gasteiger partial charge on any atom is 0.0781 e. The fourth-order valence-corrected chi connectivity index (χ4v) is 1.60. The summed E-state index contributed by atoms with van der Waals surface area (Å²) in [4.78, 5) is 2.38. The van der Waals surface area contributed by atoms with Gasteiger partial charge in [0.1, 0.15) is 0 Å². The van der Waals surface area contributed by atoms with Crippen LogP contribution >= 0.6 is 0 Å². The Morgan fingerprint density at radius 3 is 1.42 bits per heavy atom. The second-order valence-electron chi connectivity index (χ2n) is 6.09. The van der Waals surface area contributed by atoms with Crippen molar-refractivity contribution in [3.05, 3.63) is 0 Å². The number of rotatable bonds is 13. The quantitative estimate of drug-likeness (QED) is 0.355. The summed E-state index contributed by atoms with van der Waals surface area (Å²) in [7, 11) is 0. The number of hydrogen-bond donors (Lipinski definition) is 4. The zero-order valence-corrected chi connectivity index (χ0v) is 17.9. The fraction of sp³-hybridized carbons (Fsp3) is 1.00. The second-order valence-corrected chi connectivity index (χ2v) is 6.09. The minimum atomic E-state index is -0.447. The Kier molecular flexibility index (Phi) is 28.9. The van der Waals surface area contributed by atoms with Gasteiger partial charge in [-0.3, -0.25) is 0 Å². The lowest BCUT2D eigenvalue weighted by Gasteiger charge is -2.16. The van der Waals surface area contributed by atoms with Crippen molar-refractivity contribution in [2.75, 3.05) is 52.7 Å². The first-order valence-electron chi connectivity index (χ1n) is 9.78. The minimum absolute atomic E-state index is 0.0170. The van der Waals surface area contributed by atoms with Crippen LogP contribution in [0, 0.1) is 0 Å². The highest BCUT2D eigenvalue weighted by molar-refractivity contribution is 4.53. The van der Waals surface area contributed by atoms with E-state index in [1.54, 1.807) is 13.8 Å². The van der Waals surface area contributed by atoms with Crippen LogP contribution in [0.15, 0.2) is 0 Å². The summed E-state index contributed by atoms with van der Waals surface area (Å²) in [6.45, 7) is 16.6. The van der Waals surface area contributed by atoms with E-state index in [0.29, 0.717) is 13.2 Å². The number of ether oxygens (including phenoxy) is 2. The van der Waals surface area contributed by atoms with Crippen LogP contribution in [0.5, 0.6) is 0 Å². The van der Waals surface area contributed by atoms with Crippen molar-refractivity contribution in [2.24, 2.45) is 0 Å². The Hall–Kier alpha value is -0.280. The highest BCUT2D eigenvalue weighted by atomic mass is 16.5. The molecule has 0 aliphatic carbocycles. The summed E-state index contributed by atoms with van der Waals surface area (Å²) in [5, 5.41) is 33.8. The van der Waals surface area contributed by atoms with Gasteiger partial charge in [-0.15, -0.1) is 0 Å². The van der Waals surface area contributed by atoms with Gasteiger partial charge in [0.2, 0.25) is 0 Å². The Labute approximate surface area is 160 Å². The minimum Gasteiger partial charge on any atom is -0.396 e. The van der Waals surface area contributed by atoms with E-state index in [9.17, 15) is 0 Å². The molecule has 0 bridgehead atoms. The molecule has 7 nitrogen and oxygen atoms in total. The van der Waals surface area contributed by atoms with Gasteiger partial charge >= 0.3 is 0 Å². The predicted octanol–water partition coefficient (Wildman–Crippen LogP) is 1.27. The summed E-state index contributed by atoms with van der Waals surface area (Å²) >= 11 is 0. The van der Waals surface area contributed by atoms with Crippen LogP contribution in [0.2, 0.25) is 0 Å². The zero-order valence-electron chi connectivity index (χ0n) is 17.9. The lowest BCUT2D eigenvalue weighted by Crippen LogP contribution is -2.24. The first-order valence-corrected chi connectivity index (χ1v) is 9.78. The maximum atomic E-state index is 8.92. The average Bonchev–Trinajstić information content (AvgIpc) is 2.65. The van der Waals surface area contributed by atoms with Gasteiger partial charge in [0.15, 0.2) is 0 Å². The van der Waals surface area contributed by atoms with Gasteiger partial charge in [-0.25, -0.2) is 0 Å². The molecule has 0 saturated carbocycles. The van der Waals surface area contributed by atoms with Crippen molar-refractivity contribution in [3.8, 4) is 0 Å². The molecule has 0 aromatic heterocycles. The molecule has 0 aromatic rings. The number of hydrogen-bond acceptors (Lipinski definition) is 7. The van der Waals surface area contributed by atoms with Crippen LogP contribution < -0.4 is 0 Å². The molecule has 0 spiro atoms. The normalized spacial score (nSPS) is 14.0. The molecule has 3 unspecified atom stereocenters. The molecule has 0 fully saturated rings. The molecule has 4 N–H and O–H groups in total. The standard InChI is InChI=1S/C9H20O4.C6H15N.C4H10O2/c1-7(11)5-12-9(3)6-13-8(2)4-10;1-4-7(5-2)6-3;5-3-1-2-4-6/h7-11H,4-6H2,1-3H3;4-6H2,1-3H3;5-6H,1-4H2. The maximum absolute atomic E-state index is 8.92. The van der Waals surface area contributed by atoms with Crippen LogP contribution in [0.4, 0.5) is 0 Å². The second kappa shape index (κ2) is 24.7. The van der Waals surface area contributed by atoms with Gasteiger partial charge in [-0.05, 0) is 53.2 Å². The highest BCUT2D eigenvalue weighted by Crippen LogP contribution is 1.97. The van der Waals surface area contributed by atoms with E-state index >= 15 is 0 Å². The summed E-state index contributed by atoms with van der Waals surface area (Å²) in [5.41, 5.74) is 0. The number of aliphatic hydroxyl groups excluding tert-OH is 4. The third-order valence-corrected chi connectivity index (χ3v) is 3.40. The average molecular weight is 384 g/mol. The molecular weight excluding hydrogens is 338 g/mol. The smallest absolute Gasteiger partial charge is 0.0781 e. The third kappa shape index (κ3) is 28.5. The SMILES string of the molecule is CC(O)COC(C)COC(C)CO.CCN(CC)CC.OCCCCO. The van der Waals surface area contributed by atoms with Crippen molar-refractivity contribution in [1.29, 1.82) is 0 Å². The number of nitrogens with zero attached hydrogens (tertiary/aromatic N) is 1. The van der Waals surface area contributed by atoms with Gasteiger partial charge in [0.05, 0.1) is 38.1 Å². The highest BCUT2D eigenvalue weighted by Gasteiger charge is 2.07. The van der Waals surface area contributed by atoms with E-state index < -0.39 is 6.10 Å². The summed E-state index contributed by atoms with van der Waals surface area (Å²) in [6, 6.07) is 0. The van der Waals surface area contributed by atoms with Gasteiger partial charge in [0, 0.05) is 13.2 Å². The van der Waals surface area contributed by atoms with Crippen LogP contribution in [0.25, 0.3) is 0 Å². The Bertz CT molecular complexity index is 231. The molecule has 0 aromatic carbocycles. The van der Waals surface area contributed by atoms with Gasteiger partial charge in [-0.1, -0.05) is 20.8 Å².